The molecule has 3 aromatic rings. The summed E-state index contributed by atoms with van der Waals surface area (Å²) >= 11 is 0. The molecular formula is C23H24F3N5. The lowest BCUT2D eigenvalue weighted by Crippen LogP contribution is -2.47. The lowest BCUT2D eigenvalue weighted by atomic mass is 10.1. The van der Waals surface area contributed by atoms with Crippen LogP contribution in [0.5, 0.6) is 0 Å². The average Bonchev–Trinajstić information content (AvgIpc) is 2.78. The van der Waals surface area contributed by atoms with Gasteiger partial charge >= 0.3 is 6.18 Å². The Morgan fingerprint density at radius 1 is 0.935 bits per heavy atom. The van der Waals surface area contributed by atoms with Crippen LogP contribution in [0.25, 0.3) is 11.4 Å². The summed E-state index contributed by atoms with van der Waals surface area (Å²) in [5.41, 5.74) is 1.60. The van der Waals surface area contributed by atoms with Gasteiger partial charge in [0, 0.05) is 55.7 Å². The maximum atomic E-state index is 12.8. The Morgan fingerprint density at radius 3 is 2.26 bits per heavy atom. The lowest BCUT2D eigenvalue weighted by Gasteiger charge is -2.38. The van der Waals surface area contributed by atoms with Crippen molar-refractivity contribution in [3.05, 3.63) is 71.7 Å². The van der Waals surface area contributed by atoms with Gasteiger partial charge in [0.2, 0.25) is 0 Å². The molecule has 3 heterocycles. The van der Waals surface area contributed by atoms with E-state index >= 15 is 0 Å². The van der Waals surface area contributed by atoms with Crippen molar-refractivity contribution < 1.29 is 13.2 Å². The molecule has 0 radical (unpaired) electrons. The molecule has 1 atom stereocenters. The van der Waals surface area contributed by atoms with Crippen LogP contribution in [-0.2, 0) is 6.18 Å². The minimum Gasteiger partial charge on any atom is -0.354 e. The first-order valence-corrected chi connectivity index (χ1v) is 10.2. The van der Waals surface area contributed by atoms with Crippen LogP contribution in [0, 0.1) is 6.92 Å². The predicted molar refractivity (Wildman–Crippen MR) is 114 cm³/mol. The van der Waals surface area contributed by atoms with Crippen LogP contribution in [0.2, 0.25) is 0 Å². The molecule has 31 heavy (non-hydrogen) atoms. The second-order valence-electron chi connectivity index (χ2n) is 7.73. The average molecular weight is 427 g/mol. The highest BCUT2D eigenvalue weighted by Gasteiger charge is 2.32. The fraction of sp³-hybridized carbons (Fsp3) is 0.348. The van der Waals surface area contributed by atoms with Crippen molar-refractivity contribution >= 4 is 5.82 Å². The van der Waals surface area contributed by atoms with E-state index < -0.39 is 11.9 Å². The zero-order valence-corrected chi connectivity index (χ0v) is 17.5. The summed E-state index contributed by atoms with van der Waals surface area (Å²) < 4.78 is 38.4. The fourth-order valence-electron chi connectivity index (χ4n) is 3.82. The lowest BCUT2D eigenvalue weighted by molar-refractivity contribution is -0.141. The number of pyridine rings is 1. The zero-order chi connectivity index (χ0) is 22.0. The number of hydrogen-bond donors (Lipinski definition) is 0. The first kappa shape index (κ1) is 21.2. The Labute approximate surface area is 179 Å². The second-order valence-corrected chi connectivity index (χ2v) is 7.73. The second kappa shape index (κ2) is 8.63. The Balaban J connectivity index is 1.48. The Bertz CT molecular complexity index is 1010. The van der Waals surface area contributed by atoms with Crippen molar-refractivity contribution in [2.45, 2.75) is 26.1 Å². The summed E-state index contributed by atoms with van der Waals surface area (Å²) in [6.45, 7) is 7.51. The number of rotatable bonds is 4. The van der Waals surface area contributed by atoms with E-state index in [1.54, 1.807) is 0 Å². The van der Waals surface area contributed by atoms with Gasteiger partial charge in [0.1, 0.15) is 11.5 Å². The van der Waals surface area contributed by atoms with Crippen molar-refractivity contribution in [3.8, 4) is 11.4 Å². The van der Waals surface area contributed by atoms with Crippen LogP contribution >= 0.6 is 0 Å². The highest BCUT2D eigenvalue weighted by Crippen LogP contribution is 2.29. The molecule has 0 aliphatic carbocycles. The summed E-state index contributed by atoms with van der Waals surface area (Å²) in [4.78, 5) is 17.2. The number of alkyl halides is 3. The highest BCUT2D eigenvalue weighted by atomic mass is 19.4. The minimum absolute atomic E-state index is 0.337. The maximum absolute atomic E-state index is 12.8. The number of aromatic nitrogens is 3. The van der Waals surface area contributed by atoms with Crippen LogP contribution in [0.1, 0.15) is 29.9 Å². The van der Waals surface area contributed by atoms with Gasteiger partial charge in [-0.2, -0.15) is 13.2 Å². The van der Waals surface area contributed by atoms with Gasteiger partial charge in [-0.15, -0.1) is 0 Å². The number of anilines is 1. The van der Waals surface area contributed by atoms with Crippen molar-refractivity contribution in [1.29, 1.82) is 0 Å². The van der Waals surface area contributed by atoms with E-state index in [1.807, 2.05) is 19.1 Å². The summed E-state index contributed by atoms with van der Waals surface area (Å²) in [6, 6.07) is 15.0. The highest BCUT2D eigenvalue weighted by molar-refractivity contribution is 5.57. The Hall–Kier alpha value is -3.00. The quantitative estimate of drug-likeness (QED) is 0.601. The molecule has 1 unspecified atom stereocenters. The van der Waals surface area contributed by atoms with Crippen molar-refractivity contribution in [2.24, 2.45) is 0 Å². The molecule has 0 N–H and O–H groups in total. The first-order chi connectivity index (χ1) is 14.8. The minimum atomic E-state index is -4.46. The van der Waals surface area contributed by atoms with Gasteiger partial charge in [0.15, 0.2) is 5.82 Å². The summed E-state index contributed by atoms with van der Waals surface area (Å²) in [5.74, 6) is 1.17. The zero-order valence-electron chi connectivity index (χ0n) is 17.5. The Kier molecular flexibility index (Phi) is 5.91. The third kappa shape index (κ3) is 4.85. The smallest absolute Gasteiger partial charge is 0.354 e. The number of piperazine rings is 1. The molecular weight excluding hydrogens is 403 g/mol. The fourth-order valence-corrected chi connectivity index (χ4v) is 3.82. The van der Waals surface area contributed by atoms with Gasteiger partial charge in [0.25, 0.3) is 0 Å². The van der Waals surface area contributed by atoms with Crippen molar-refractivity contribution in [3.63, 3.8) is 0 Å². The normalized spacial score (nSPS) is 16.4. The molecule has 0 spiro atoms. The third-order valence-electron chi connectivity index (χ3n) is 5.62. The third-order valence-corrected chi connectivity index (χ3v) is 5.62. The molecule has 8 heteroatoms. The molecule has 1 aliphatic heterocycles. The van der Waals surface area contributed by atoms with Crippen LogP contribution in [0.3, 0.4) is 0 Å². The summed E-state index contributed by atoms with van der Waals surface area (Å²) in [6.07, 6.45) is -3.28. The van der Waals surface area contributed by atoms with Gasteiger partial charge < -0.3 is 4.90 Å². The summed E-state index contributed by atoms with van der Waals surface area (Å²) in [7, 11) is 0. The van der Waals surface area contributed by atoms with Crippen LogP contribution in [0.15, 0.2) is 54.7 Å². The van der Waals surface area contributed by atoms with E-state index in [1.165, 1.54) is 17.8 Å². The van der Waals surface area contributed by atoms with Gasteiger partial charge in [-0.1, -0.05) is 30.3 Å². The summed E-state index contributed by atoms with van der Waals surface area (Å²) in [5, 5.41) is 0. The van der Waals surface area contributed by atoms with E-state index in [0.29, 0.717) is 17.4 Å². The molecule has 1 aliphatic rings. The topological polar surface area (TPSA) is 45.2 Å². The van der Waals surface area contributed by atoms with Crippen molar-refractivity contribution in [1.82, 2.24) is 19.9 Å². The van der Waals surface area contributed by atoms with Gasteiger partial charge in [0.05, 0.1) is 0 Å². The monoisotopic (exact) mass is 427 g/mol. The molecule has 2 aromatic heterocycles. The largest absolute Gasteiger partial charge is 0.433 e. The van der Waals surface area contributed by atoms with Crippen LogP contribution < -0.4 is 4.90 Å². The number of hydrogen-bond acceptors (Lipinski definition) is 5. The molecule has 0 saturated carbocycles. The van der Waals surface area contributed by atoms with E-state index in [0.717, 1.165) is 43.8 Å². The predicted octanol–water partition coefficient (Wildman–Crippen LogP) is 4.75. The SMILES string of the molecule is Cc1cc(N2CCN(C(C)c3ccccc3)CC2)nc(-c2ccc(C(F)(F)F)nc2)n1. The van der Waals surface area contributed by atoms with E-state index in [-0.39, 0.29) is 0 Å². The molecule has 4 rings (SSSR count). The van der Waals surface area contributed by atoms with Crippen molar-refractivity contribution in [2.75, 3.05) is 31.1 Å². The molecule has 0 amide bonds. The maximum Gasteiger partial charge on any atom is 0.433 e. The number of nitrogens with zero attached hydrogens (tertiary/aromatic N) is 5. The van der Waals surface area contributed by atoms with Crippen LogP contribution in [-0.4, -0.2) is 46.0 Å². The van der Waals surface area contributed by atoms with Gasteiger partial charge in [-0.3, -0.25) is 9.88 Å². The number of aryl methyl sites for hydroxylation is 1. The number of benzene rings is 1. The van der Waals surface area contributed by atoms with E-state index in [4.69, 9.17) is 0 Å². The molecule has 1 saturated heterocycles. The van der Waals surface area contributed by atoms with E-state index in [9.17, 15) is 13.2 Å². The molecule has 1 aromatic carbocycles. The number of halogens is 3. The molecule has 0 bridgehead atoms. The Morgan fingerprint density at radius 2 is 1.65 bits per heavy atom. The molecule has 5 nitrogen and oxygen atoms in total. The van der Waals surface area contributed by atoms with E-state index in [2.05, 4.69) is 55.9 Å². The van der Waals surface area contributed by atoms with Gasteiger partial charge in [-0.25, -0.2) is 9.97 Å². The standard InChI is InChI=1S/C23H24F3N5/c1-16-14-21(29-22(28-16)19-8-9-20(27-15-19)23(24,25)26)31-12-10-30(11-13-31)17(2)18-6-4-3-5-7-18/h3-9,14-15,17H,10-13H2,1-2H3. The molecule has 1 fully saturated rings. The van der Waals surface area contributed by atoms with Gasteiger partial charge in [-0.05, 0) is 31.5 Å². The molecule has 162 valence electrons. The first-order valence-electron chi connectivity index (χ1n) is 10.2. The van der Waals surface area contributed by atoms with Crippen LogP contribution in [0.4, 0.5) is 19.0 Å².